The van der Waals surface area contributed by atoms with E-state index in [9.17, 15) is 5.11 Å². The summed E-state index contributed by atoms with van der Waals surface area (Å²) in [7, 11) is 0. The van der Waals surface area contributed by atoms with E-state index in [2.05, 4.69) is 13.0 Å². The van der Waals surface area contributed by atoms with Gasteiger partial charge in [0.1, 0.15) is 0 Å². The van der Waals surface area contributed by atoms with E-state index in [0.717, 1.165) is 12.0 Å². The van der Waals surface area contributed by atoms with Gasteiger partial charge in [0.05, 0.1) is 6.61 Å². The zero-order chi connectivity index (χ0) is 14.6. The van der Waals surface area contributed by atoms with Crippen LogP contribution in [0.4, 0.5) is 0 Å². The Hall–Kier alpha value is -1.18. The predicted molar refractivity (Wildman–Crippen MR) is 85.6 cm³/mol. The van der Waals surface area contributed by atoms with Crippen LogP contribution < -0.4 is 4.74 Å². The number of unbranched alkanes of at least 4 members (excludes halogenated alkanes) is 7. The van der Waals surface area contributed by atoms with Crippen molar-refractivity contribution in [1.82, 2.24) is 0 Å². The van der Waals surface area contributed by atoms with Crippen LogP contribution in [0, 0.1) is 0 Å². The summed E-state index contributed by atoms with van der Waals surface area (Å²) in [4.78, 5) is 0. The zero-order valence-electron chi connectivity index (χ0n) is 13.2. The maximum Gasteiger partial charge on any atom is 0.164 e. The number of hydrogen-bond donors (Lipinski definition) is 1. The fourth-order valence-corrected chi connectivity index (χ4v) is 2.53. The van der Waals surface area contributed by atoms with Crippen LogP contribution >= 0.6 is 0 Å². The maximum absolute atomic E-state index is 9.82. The number of para-hydroxylation sites is 1. The van der Waals surface area contributed by atoms with Gasteiger partial charge in [0.25, 0.3) is 0 Å². The summed E-state index contributed by atoms with van der Waals surface area (Å²) in [6, 6.07) is 5.66. The molecule has 0 atom stereocenters. The van der Waals surface area contributed by atoms with Crippen molar-refractivity contribution in [2.24, 2.45) is 0 Å². The third-order valence-corrected chi connectivity index (χ3v) is 3.66. The number of aromatic hydroxyl groups is 1. The quantitative estimate of drug-likeness (QED) is 0.543. The van der Waals surface area contributed by atoms with Crippen molar-refractivity contribution in [3.63, 3.8) is 0 Å². The SMILES string of the molecule is CCCCCCCCCCc1cccc(O)c1OCC. The van der Waals surface area contributed by atoms with E-state index in [1.165, 1.54) is 51.4 Å². The fraction of sp³-hybridized carbons (Fsp3) is 0.667. The van der Waals surface area contributed by atoms with Gasteiger partial charge in [-0.1, -0.05) is 64.0 Å². The van der Waals surface area contributed by atoms with E-state index in [0.29, 0.717) is 12.4 Å². The highest BCUT2D eigenvalue weighted by Gasteiger charge is 2.08. The molecular formula is C18H30O2. The second-order valence-electron chi connectivity index (χ2n) is 5.42. The van der Waals surface area contributed by atoms with Crippen LogP contribution in [-0.4, -0.2) is 11.7 Å². The molecule has 0 saturated carbocycles. The van der Waals surface area contributed by atoms with Crippen molar-refractivity contribution in [1.29, 1.82) is 0 Å². The molecule has 2 heteroatoms. The van der Waals surface area contributed by atoms with Gasteiger partial charge in [-0.15, -0.1) is 0 Å². The molecule has 0 spiro atoms. The summed E-state index contributed by atoms with van der Waals surface area (Å²) < 4.78 is 5.54. The Bertz CT molecular complexity index is 360. The molecule has 1 rings (SSSR count). The molecule has 0 amide bonds. The molecule has 1 aromatic carbocycles. The van der Waals surface area contributed by atoms with Gasteiger partial charge < -0.3 is 9.84 Å². The van der Waals surface area contributed by atoms with Crippen molar-refractivity contribution in [3.8, 4) is 11.5 Å². The van der Waals surface area contributed by atoms with E-state index in [4.69, 9.17) is 4.74 Å². The van der Waals surface area contributed by atoms with Gasteiger partial charge in [-0.05, 0) is 31.4 Å². The lowest BCUT2D eigenvalue weighted by Gasteiger charge is -2.11. The lowest BCUT2D eigenvalue weighted by Crippen LogP contribution is -1.97. The Morgan fingerprint density at radius 2 is 1.55 bits per heavy atom. The van der Waals surface area contributed by atoms with E-state index in [1.54, 1.807) is 6.07 Å². The van der Waals surface area contributed by atoms with Gasteiger partial charge in [-0.3, -0.25) is 0 Å². The molecule has 0 bridgehead atoms. The van der Waals surface area contributed by atoms with Crippen molar-refractivity contribution in [2.45, 2.75) is 71.6 Å². The van der Waals surface area contributed by atoms with Crippen molar-refractivity contribution >= 4 is 0 Å². The van der Waals surface area contributed by atoms with Gasteiger partial charge in [0, 0.05) is 0 Å². The molecule has 0 fully saturated rings. The summed E-state index contributed by atoms with van der Waals surface area (Å²) in [6.07, 6.45) is 11.6. The molecule has 20 heavy (non-hydrogen) atoms. The molecule has 0 radical (unpaired) electrons. The lowest BCUT2D eigenvalue weighted by atomic mass is 10.0. The fourth-order valence-electron chi connectivity index (χ4n) is 2.53. The molecule has 0 aliphatic carbocycles. The predicted octanol–water partition coefficient (Wildman–Crippen LogP) is 5.47. The molecule has 114 valence electrons. The molecule has 0 aliphatic heterocycles. The average Bonchev–Trinajstić information content (AvgIpc) is 2.45. The second kappa shape index (κ2) is 10.6. The molecule has 2 nitrogen and oxygen atoms in total. The van der Waals surface area contributed by atoms with E-state index < -0.39 is 0 Å². The van der Waals surface area contributed by atoms with Crippen LogP contribution in [0.3, 0.4) is 0 Å². The lowest BCUT2D eigenvalue weighted by molar-refractivity contribution is 0.314. The number of ether oxygens (including phenoxy) is 1. The van der Waals surface area contributed by atoms with Crippen LogP contribution in [0.2, 0.25) is 0 Å². The minimum atomic E-state index is 0.268. The van der Waals surface area contributed by atoms with Crippen LogP contribution in [-0.2, 0) is 6.42 Å². The Labute approximate surface area is 124 Å². The first-order valence-electron chi connectivity index (χ1n) is 8.23. The summed E-state index contributed by atoms with van der Waals surface area (Å²) in [5.41, 5.74) is 1.14. The molecule has 0 saturated heterocycles. The number of phenols is 1. The topological polar surface area (TPSA) is 29.5 Å². The summed E-state index contributed by atoms with van der Waals surface area (Å²) >= 11 is 0. The second-order valence-corrected chi connectivity index (χ2v) is 5.42. The van der Waals surface area contributed by atoms with E-state index in [1.807, 2.05) is 13.0 Å². The molecule has 1 N–H and O–H groups in total. The summed E-state index contributed by atoms with van der Waals surface area (Å²) in [5, 5.41) is 9.82. The Balaban J connectivity index is 2.23. The monoisotopic (exact) mass is 278 g/mol. The van der Waals surface area contributed by atoms with Crippen LogP contribution in [0.25, 0.3) is 0 Å². The molecule has 0 aliphatic rings. The first kappa shape index (κ1) is 16.9. The number of hydrogen-bond acceptors (Lipinski definition) is 2. The third-order valence-electron chi connectivity index (χ3n) is 3.66. The molecule has 0 unspecified atom stereocenters. The number of aryl methyl sites for hydroxylation is 1. The van der Waals surface area contributed by atoms with E-state index in [-0.39, 0.29) is 5.75 Å². The smallest absolute Gasteiger partial charge is 0.164 e. The maximum atomic E-state index is 9.82. The van der Waals surface area contributed by atoms with Gasteiger partial charge in [-0.25, -0.2) is 0 Å². The Morgan fingerprint density at radius 1 is 0.900 bits per heavy atom. The number of rotatable bonds is 11. The molecule has 1 aromatic rings. The largest absolute Gasteiger partial charge is 0.504 e. The van der Waals surface area contributed by atoms with Gasteiger partial charge in [0.2, 0.25) is 0 Å². The van der Waals surface area contributed by atoms with Crippen molar-refractivity contribution in [3.05, 3.63) is 23.8 Å². The standard InChI is InChI=1S/C18H30O2/c1-3-5-6-7-8-9-10-11-13-16-14-12-15-17(19)18(16)20-4-2/h12,14-15,19H,3-11,13H2,1-2H3. The number of benzene rings is 1. The van der Waals surface area contributed by atoms with Gasteiger partial charge in [-0.2, -0.15) is 0 Å². The highest BCUT2D eigenvalue weighted by atomic mass is 16.5. The molecule has 0 heterocycles. The first-order chi connectivity index (χ1) is 9.79. The normalized spacial score (nSPS) is 10.7. The first-order valence-corrected chi connectivity index (χ1v) is 8.23. The van der Waals surface area contributed by atoms with Crippen LogP contribution in [0.5, 0.6) is 11.5 Å². The summed E-state index contributed by atoms with van der Waals surface area (Å²) in [5.74, 6) is 0.946. The number of phenolic OH excluding ortho intramolecular Hbond substituents is 1. The summed E-state index contributed by atoms with van der Waals surface area (Å²) in [6.45, 7) is 4.81. The van der Waals surface area contributed by atoms with E-state index >= 15 is 0 Å². The Kier molecular flexibility index (Phi) is 8.93. The van der Waals surface area contributed by atoms with Crippen LogP contribution in [0.15, 0.2) is 18.2 Å². The van der Waals surface area contributed by atoms with Crippen LogP contribution in [0.1, 0.15) is 70.8 Å². The zero-order valence-corrected chi connectivity index (χ0v) is 13.2. The molecule has 0 aromatic heterocycles. The highest BCUT2D eigenvalue weighted by molar-refractivity contribution is 5.45. The van der Waals surface area contributed by atoms with Gasteiger partial charge >= 0.3 is 0 Å². The third kappa shape index (κ3) is 6.31. The van der Waals surface area contributed by atoms with Gasteiger partial charge in [0.15, 0.2) is 11.5 Å². The molecular weight excluding hydrogens is 248 g/mol. The van der Waals surface area contributed by atoms with Crippen molar-refractivity contribution in [2.75, 3.05) is 6.61 Å². The van der Waals surface area contributed by atoms with Crippen molar-refractivity contribution < 1.29 is 9.84 Å². The minimum absolute atomic E-state index is 0.268. The average molecular weight is 278 g/mol. The highest BCUT2D eigenvalue weighted by Crippen LogP contribution is 2.31. The minimum Gasteiger partial charge on any atom is -0.504 e. The Morgan fingerprint density at radius 3 is 2.20 bits per heavy atom.